The second-order valence-electron chi connectivity index (χ2n) is 6.53. The number of carbonyl (C=O) groups is 1. The minimum atomic E-state index is -0.317. The van der Waals surface area contributed by atoms with Crippen LogP contribution in [0.5, 0.6) is 5.75 Å². The van der Waals surface area contributed by atoms with Crippen molar-refractivity contribution in [3.05, 3.63) is 82.8 Å². The molecule has 0 spiro atoms. The molecule has 2 aromatic carbocycles. The van der Waals surface area contributed by atoms with Crippen molar-refractivity contribution in [2.24, 2.45) is 0 Å². The number of carbonyl (C=O) groups excluding carboxylic acids is 1. The predicted octanol–water partition coefficient (Wildman–Crippen LogP) is 5.72. The fraction of sp³-hybridized carbons (Fsp3) is 0.280. The summed E-state index contributed by atoms with van der Waals surface area (Å²) in [4.78, 5) is 11.9. The van der Waals surface area contributed by atoms with Crippen LogP contribution < -0.4 is 4.74 Å². The van der Waals surface area contributed by atoms with Crippen molar-refractivity contribution in [3.8, 4) is 11.8 Å². The summed E-state index contributed by atoms with van der Waals surface area (Å²) >= 11 is 0. The maximum absolute atomic E-state index is 11.9. The molecule has 0 atom stereocenters. The van der Waals surface area contributed by atoms with Crippen molar-refractivity contribution in [1.82, 2.24) is 0 Å². The number of aliphatic hydroxyl groups is 1. The van der Waals surface area contributed by atoms with Gasteiger partial charge in [0.15, 0.2) is 0 Å². The second kappa shape index (κ2) is 11.5. The van der Waals surface area contributed by atoms with E-state index in [4.69, 9.17) is 9.47 Å². The van der Waals surface area contributed by atoms with E-state index in [1.807, 2.05) is 38.1 Å². The Morgan fingerprint density at radius 1 is 1.07 bits per heavy atom. The summed E-state index contributed by atoms with van der Waals surface area (Å²) in [7, 11) is 0. The molecule has 0 radical (unpaired) electrons. The Hall–Kier alpha value is -3.52. The molecule has 0 aromatic heterocycles. The topological polar surface area (TPSA) is 79.6 Å². The second-order valence-corrected chi connectivity index (χ2v) is 6.53. The first-order valence-corrected chi connectivity index (χ1v) is 10.1. The molecule has 2 rings (SSSR count). The van der Waals surface area contributed by atoms with Crippen LogP contribution in [0.4, 0.5) is 0 Å². The first-order chi connectivity index (χ1) is 14.5. The van der Waals surface area contributed by atoms with E-state index >= 15 is 0 Å². The monoisotopic (exact) mass is 405 g/mol. The summed E-state index contributed by atoms with van der Waals surface area (Å²) in [5, 5.41) is 20.0. The molecule has 0 bridgehead atoms. The average molecular weight is 405 g/mol. The molecule has 0 saturated carbocycles. The largest absolute Gasteiger partial charge is 0.512 e. The van der Waals surface area contributed by atoms with Crippen LogP contribution in [0.3, 0.4) is 0 Å². The van der Waals surface area contributed by atoms with E-state index < -0.39 is 0 Å². The van der Waals surface area contributed by atoms with Crippen molar-refractivity contribution in [1.29, 1.82) is 5.26 Å². The molecule has 156 valence electrons. The smallest absolute Gasteiger partial charge is 0.310 e. The van der Waals surface area contributed by atoms with Crippen molar-refractivity contribution < 1.29 is 19.4 Å². The Morgan fingerprint density at radius 2 is 1.77 bits per heavy atom. The Labute approximate surface area is 177 Å². The first-order valence-electron chi connectivity index (χ1n) is 10.1. The molecular formula is C25H27NO4. The Bertz CT molecular complexity index is 983. The average Bonchev–Trinajstić information content (AvgIpc) is 2.77. The third kappa shape index (κ3) is 5.99. The van der Waals surface area contributed by atoms with E-state index in [0.29, 0.717) is 47.7 Å². The van der Waals surface area contributed by atoms with Gasteiger partial charge < -0.3 is 14.6 Å². The van der Waals surface area contributed by atoms with Crippen LogP contribution in [0.25, 0.3) is 5.57 Å². The van der Waals surface area contributed by atoms with E-state index in [9.17, 15) is 15.2 Å². The Morgan fingerprint density at radius 3 is 2.43 bits per heavy atom. The number of para-hydroxylation sites is 1. The zero-order chi connectivity index (χ0) is 21.9. The van der Waals surface area contributed by atoms with Crippen molar-refractivity contribution >= 4 is 11.5 Å². The summed E-state index contributed by atoms with van der Waals surface area (Å²) in [5.74, 6) is 1.02. The minimum Gasteiger partial charge on any atom is -0.512 e. The normalized spacial score (nSPS) is 12.0. The van der Waals surface area contributed by atoms with Gasteiger partial charge in [0, 0.05) is 29.5 Å². The highest BCUT2D eigenvalue weighted by Gasteiger charge is 2.14. The predicted molar refractivity (Wildman–Crippen MR) is 117 cm³/mol. The number of hydrogen-bond donors (Lipinski definition) is 1. The van der Waals surface area contributed by atoms with Gasteiger partial charge in [-0.05, 0) is 25.1 Å². The van der Waals surface area contributed by atoms with Gasteiger partial charge in [0.1, 0.15) is 11.5 Å². The molecule has 1 N–H and O–H groups in total. The van der Waals surface area contributed by atoms with Gasteiger partial charge in [0.25, 0.3) is 0 Å². The number of aliphatic hydroxyl groups excluding tert-OH is 1. The van der Waals surface area contributed by atoms with Crippen LogP contribution in [0, 0.1) is 11.3 Å². The van der Waals surface area contributed by atoms with Gasteiger partial charge in [-0.3, -0.25) is 4.79 Å². The quantitative estimate of drug-likeness (QED) is 0.328. The lowest BCUT2D eigenvalue weighted by atomic mass is 9.97. The molecule has 0 heterocycles. The lowest BCUT2D eigenvalue weighted by molar-refractivity contribution is -0.142. The lowest BCUT2D eigenvalue weighted by Crippen LogP contribution is -2.09. The van der Waals surface area contributed by atoms with E-state index in [-0.39, 0.29) is 18.1 Å². The molecule has 0 amide bonds. The van der Waals surface area contributed by atoms with Gasteiger partial charge in [-0.25, -0.2) is 0 Å². The van der Waals surface area contributed by atoms with Crippen molar-refractivity contribution in [2.75, 3.05) is 6.61 Å². The zero-order valence-corrected chi connectivity index (χ0v) is 17.6. The standard InChI is InChI=1S/C25H27NO4/c1-4-20(30-24-14-10-8-11-18(24)15-25(28)29-6-3)16-22(23(27)5-2)21-13-9-7-12-19(21)17-26/h7-14,16,27H,4-6,15H2,1-3H3/b20-16+,23-22-. The molecule has 30 heavy (non-hydrogen) atoms. The van der Waals surface area contributed by atoms with Gasteiger partial charge in [0.05, 0.1) is 30.4 Å². The molecule has 0 aliphatic carbocycles. The molecule has 0 saturated heterocycles. The minimum absolute atomic E-state index is 0.112. The van der Waals surface area contributed by atoms with E-state index in [1.54, 1.807) is 37.3 Å². The summed E-state index contributed by atoms with van der Waals surface area (Å²) in [6.45, 7) is 5.88. The van der Waals surface area contributed by atoms with Gasteiger partial charge in [-0.15, -0.1) is 0 Å². The lowest BCUT2D eigenvalue weighted by Gasteiger charge is -2.15. The fourth-order valence-corrected chi connectivity index (χ4v) is 2.95. The third-order valence-electron chi connectivity index (χ3n) is 4.49. The summed E-state index contributed by atoms with van der Waals surface area (Å²) in [5.41, 5.74) is 2.39. The number of hydrogen-bond acceptors (Lipinski definition) is 5. The SMILES string of the molecule is CCOC(=O)Cc1ccccc1O/C(=C/C(=C(/O)CC)c1ccccc1C#N)CC. The highest BCUT2D eigenvalue weighted by Crippen LogP contribution is 2.28. The molecule has 0 aliphatic heterocycles. The first kappa shape index (κ1) is 22.8. The van der Waals surface area contributed by atoms with Crippen LogP contribution in [0.1, 0.15) is 50.3 Å². The number of ether oxygens (including phenoxy) is 2. The van der Waals surface area contributed by atoms with Crippen molar-refractivity contribution in [3.63, 3.8) is 0 Å². The van der Waals surface area contributed by atoms with Crippen LogP contribution in [-0.4, -0.2) is 17.7 Å². The highest BCUT2D eigenvalue weighted by atomic mass is 16.5. The molecule has 2 aromatic rings. The molecule has 0 fully saturated rings. The van der Waals surface area contributed by atoms with Crippen LogP contribution in [0.15, 0.2) is 66.1 Å². The Balaban J connectivity index is 2.43. The number of nitriles is 1. The van der Waals surface area contributed by atoms with Crippen LogP contribution in [-0.2, 0) is 16.0 Å². The summed E-state index contributed by atoms with van der Waals surface area (Å²) < 4.78 is 11.2. The number of esters is 1. The van der Waals surface area contributed by atoms with Crippen LogP contribution >= 0.6 is 0 Å². The maximum Gasteiger partial charge on any atom is 0.310 e. The van der Waals surface area contributed by atoms with Gasteiger partial charge in [-0.1, -0.05) is 50.2 Å². The zero-order valence-electron chi connectivity index (χ0n) is 17.6. The van der Waals surface area contributed by atoms with Crippen LogP contribution in [0.2, 0.25) is 0 Å². The Kier molecular flexibility index (Phi) is 8.71. The van der Waals surface area contributed by atoms with Gasteiger partial charge in [0.2, 0.25) is 0 Å². The van der Waals surface area contributed by atoms with Gasteiger partial charge in [-0.2, -0.15) is 5.26 Å². The third-order valence-corrected chi connectivity index (χ3v) is 4.49. The molecular weight excluding hydrogens is 378 g/mol. The molecule has 0 unspecified atom stereocenters. The fourth-order valence-electron chi connectivity index (χ4n) is 2.95. The number of benzene rings is 2. The molecule has 5 heteroatoms. The molecule has 5 nitrogen and oxygen atoms in total. The van der Waals surface area contributed by atoms with E-state index in [0.717, 1.165) is 5.56 Å². The number of nitrogens with zero attached hydrogens (tertiary/aromatic N) is 1. The summed E-state index contributed by atoms with van der Waals surface area (Å²) in [6.07, 6.45) is 2.85. The maximum atomic E-state index is 11.9. The van der Waals surface area contributed by atoms with E-state index in [2.05, 4.69) is 6.07 Å². The van der Waals surface area contributed by atoms with Crippen molar-refractivity contribution in [2.45, 2.75) is 40.0 Å². The van der Waals surface area contributed by atoms with E-state index in [1.165, 1.54) is 0 Å². The number of allylic oxidation sites excluding steroid dienone is 4. The number of rotatable bonds is 9. The highest BCUT2D eigenvalue weighted by molar-refractivity contribution is 5.79. The summed E-state index contributed by atoms with van der Waals surface area (Å²) in [6, 6.07) is 16.6. The molecule has 0 aliphatic rings. The van der Waals surface area contributed by atoms with Gasteiger partial charge >= 0.3 is 5.97 Å².